The van der Waals surface area contributed by atoms with E-state index in [0.717, 1.165) is 11.8 Å². The van der Waals surface area contributed by atoms with Gasteiger partial charge in [0.05, 0.1) is 0 Å². The van der Waals surface area contributed by atoms with Crippen molar-refractivity contribution in [3.8, 4) is 0 Å². The van der Waals surface area contributed by atoms with E-state index in [-0.39, 0.29) is 5.56 Å². The topological polar surface area (TPSA) is 107 Å². The molecule has 2 aromatic rings. The van der Waals surface area contributed by atoms with E-state index in [1.54, 1.807) is 18.2 Å². The average molecular weight is 274 g/mol. The lowest BCUT2D eigenvalue weighted by atomic mass is 10.2. The third-order valence-electron chi connectivity index (χ3n) is 2.63. The Labute approximate surface area is 114 Å². The average Bonchev–Trinajstić information content (AvgIpc) is 2.39. The van der Waals surface area contributed by atoms with Crippen LogP contribution in [0.25, 0.3) is 0 Å². The first-order valence-electron chi connectivity index (χ1n) is 5.97. The summed E-state index contributed by atoms with van der Waals surface area (Å²) in [5.74, 6) is -0.580. The van der Waals surface area contributed by atoms with Crippen molar-refractivity contribution in [1.82, 2.24) is 15.3 Å². The second-order valence-corrected chi connectivity index (χ2v) is 4.17. The lowest BCUT2D eigenvalue weighted by molar-refractivity contribution is 0.102. The number of aromatic amines is 2. The van der Waals surface area contributed by atoms with Gasteiger partial charge in [-0.15, -0.1) is 0 Å². The van der Waals surface area contributed by atoms with Crippen LogP contribution >= 0.6 is 0 Å². The van der Waals surface area contributed by atoms with Crippen LogP contribution < -0.4 is 21.9 Å². The number of hydrogen-bond acceptors (Lipinski definition) is 4. The fraction of sp³-hybridized carbons (Fsp3) is 0.154. The third-order valence-corrected chi connectivity index (χ3v) is 2.63. The highest BCUT2D eigenvalue weighted by atomic mass is 16.2. The molecule has 2 rings (SSSR count). The minimum absolute atomic E-state index is 0.149. The molecule has 0 saturated carbocycles. The van der Waals surface area contributed by atoms with Crippen molar-refractivity contribution < 1.29 is 4.79 Å². The summed E-state index contributed by atoms with van der Waals surface area (Å²) < 4.78 is 0. The van der Waals surface area contributed by atoms with Crippen molar-refractivity contribution in [2.45, 2.75) is 6.54 Å². The van der Waals surface area contributed by atoms with Crippen LogP contribution in [0.15, 0.2) is 40.1 Å². The van der Waals surface area contributed by atoms with Gasteiger partial charge < -0.3 is 15.6 Å². The Morgan fingerprint density at radius 3 is 2.80 bits per heavy atom. The largest absolute Gasteiger partial charge is 0.325 e. The molecule has 7 nitrogen and oxygen atoms in total. The molecule has 0 unspecified atom stereocenters. The summed E-state index contributed by atoms with van der Waals surface area (Å²) in [5.41, 5.74) is 0.0536. The summed E-state index contributed by atoms with van der Waals surface area (Å²) in [7, 11) is 1.82. The summed E-state index contributed by atoms with van der Waals surface area (Å²) in [6.07, 6.45) is 1.09. The lowest BCUT2D eigenvalue weighted by Crippen LogP contribution is -2.29. The summed E-state index contributed by atoms with van der Waals surface area (Å²) >= 11 is 0. The Bertz CT molecular complexity index is 733. The van der Waals surface area contributed by atoms with Crippen LogP contribution in [0.1, 0.15) is 15.9 Å². The highest BCUT2D eigenvalue weighted by Crippen LogP contribution is 2.11. The predicted octanol–water partition coefficient (Wildman–Crippen LogP) is 0.0349. The number of carbonyl (C=O) groups excluding carboxylic acids is 1. The maximum atomic E-state index is 11.9. The Morgan fingerprint density at radius 2 is 2.10 bits per heavy atom. The van der Waals surface area contributed by atoms with Crippen molar-refractivity contribution >= 4 is 11.6 Å². The molecule has 0 atom stereocenters. The monoisotopic (exact) mass is 274 g/mol. The van der Waals surface area contributed by atoms with Crippen molar-refractivity contribution in [3.05, 3.63) is 62.4 Å². The maximum Gasteiger partial charge on any atom is 0.325 e. The molecule has 0 spiro atoms. The molecule has 0 radical (unpaired) electrons. The molecule has 1 aromatic heterocycles. The molecule has 0 aliphatic heterocycles. The molecule has 1 amide bonds. The molecule has 4 N–H and O–H groups in total. The second-order valence-electron chi connectivity index (χ2n) is 4.17. The van der Waals surface area contributed by atoms with Crippen molar-refractivity contribution in [1.29, 1.82) is 0 Å². The van der Waals surface area contributed by atoms with E-state index in [1.807, 2.05) is 18.1 Å². The quantitative estimate of drug-likeness (QED) is 0.631. The van der Waals surface area contributed by atoms with Gasteiger partial charge in [0, 0.05) is 18.4 Å². The van der Waals surface area contributed by atoms with E-state index in [2.05, 4.69) is 15.6 Å². The number of carbonyl (C=O) groups is 1. The molecular formula is C13H14N4O3. The minimum atomic E-state index is -0.724. The first kappa shape index (κ1) is 13.8. The van der Waals surface area contributed by atoms with Crippen LogP contribution in [-0.4, -0.2) is 22.9 Å². The predicted molar refractivity (Wildman–Crippen MR) is 74.8 cm³/mol. The number of amides is 1. The van der Waals surface area contributed by atoms with Gasteiger partial charge in [0.2, 0.25) is 0 Å². The molecule has 0 fully saturated rings. The third kappa shape index (κ3) is 3.21. The molecule has 1 aromatic carbocycles. The van der Waals surface area contributed by atoms with Crippen molar-refractivity contribution in [2.24, 2.45) is 0 Å². The van der Waals surface area contributed by atoms with Crippen LogP contribution in [0.4, 0.5) is 5.69 Å². The molecule has 20 heavy (non-hydrogen) atoms. The van der Waals surface area contributed by atoms with Gasteiger partial charge in [0.1, 0.15) is 5.56 Å². The molecule has 0 aliphatic rings. The van der Waals surface area contributed by atoms with E-state index in [0.29, 0.717) is 12.2 Å². The normalized spacial score (nSPS) is 10.2. The van der Waals surface area contributed by atoms with Gasteiger partial charge in [0.15, 0.2) is 0 Å². The molecular weight excluding hydrogens is 260 g/mol. The Kier molecular flexibility index (Phi) is 4.11. The van der Waals surface area contributed by atoms with Crippen LogP contribution in [0, 0.1) is 0 Å². The number of anilines is 1. The Morgan fingerprint density at radius 1 is 1.30 bits per heavy atom. The van der Waals surface area contributed by atoms with Crippen LogP contribution in [0.2, 0.25) is 0 Å². The van der Waals surface area contributed by atoms with Gasteiger partial charge in [0.25, 0.3) is 11.5 Å². The van der Waals surface area contributed by atoms with E-state index in [9.17, 15) is 14.4 Å². The van der Waals surface area contributed by atoms with E-state index < -0.39 is 17.2 Å². The molecule has 0 saturated heterocycles. The zero-order chi connectivity index (χ0) is 14.5. The Hall–Kier alpha value is -2.67. The smallest absolute Gasteiger partial charge is 0.322 e. The number of hydrogen-bond donors (Lipinski definition) is 4. The van der Waals surface area contributed by atoms with E-state index in [4.69, 9.17) is 0 Å². The van der Waals surface area contributed by atoms with Crippen LogP contribution in [0.3, 0.4) is 0 Å². The van der Waals surface area contributed by atoms with Gasteiger partial charge in [-0.3, -0.25) is 14.6 Å². The lowest BCUT2D eigenvalue weighted by Gasteiger charge is -2.06. The second kappa shape index (κ2) is 5.98. The highest BCUT2D eigenvalue weighted by Gasteiger charge is 2.11. The number of H-pyrrole nitrogens is 2. The summed E-state index contributed by atoms with van der Waals surface area (Å²) in [4.78, 5) is 38.6. The van der Waals surface area contributed by atoms with Crippen LogP contribution in [-0.2, 0) is 6.54 Å². The zero-order valence-electron chi connectivity index (χ0n) is 10.8. The van der Waals surface area contributed by atoms with Crippen molar-refractivity contribution in [3.63, 3.8) is 0 Å². The summed E-state index contributed by atoms with van der Waals surface area (Å²) in [6, 6.07) is 7.24. The van der Waals surface area contributed by atoms with Gasteiger partial charge in [-0.2, -0.15) is 0 Å². The number of aromatic nitrogens is 2. The summed E-state index contributed by atoms with van der Waals surface area (Å²) in [6.45, 7) is 0.670. The SMILES string of the molecule is CNCc1cccc(NC(=O)c2c[nH]c(=O)[nH]c2=O)c1. The van der Waals surface area contributed by atoms with Gasteiger partial charge >= 0.3 is 5.69 Å². The number of nitrogens with one attached hydrogen (secondary N) is 4. The molecule has 104 valence electrons. The highest BCUT2D eigenvalue weighted by molar-refractivity contribution is 6.03. The minimum Gasteiger partial charge on any atom is -0.322 e. The number of rotatable bonds is 4. The molecule has 7 heteroatoms. The fourth-order valence-corrected chi connectivity index (χ4v) is 1.74. The van der Waals surface area contributed by atoms with Crippen molar-refractivity contribution in [2.75, 3.05) is 12.4 Å². The van der Waals surface area contributed by atoms with Gasteiger partial charge in [-0.05, 0) is 24.7 Å². The standard InChI is InChI=1S/C13H14N4O3/c1-14-6-8-3-2-4-9(5-8)16-11(18)10-7-15-13(20)17-12(10)19/h2-5,7,14H,6H2,1H3,(H,16,18)(H2,15,17,19,20). The van der Waals surface area contributed by atoms with Gasteiger partial charge in [-0.1, -0.05) is 12.1 Å². The maximum absolute atomic E-state index is 11.9. The van der Waals surface area contributed by atoms with E-state index >= 15 is 0 Å². The van der Waals surface area contributed by atoms with E-state index in [1.165, 1.54) is 0 Å². The molecule has 0 bridgehead atoms. The number of benzene rings is 1. The van der Waals surface area contributed by atoms with Crippen LogP contribution in [0.5, 0.6) is 0 Å². The fourth-order valence-electron chi connectivity index (χ4n) is 1.74. The Balaban J connectivity index is 2.21. The summed E-state index contributed by atoms with van der Waals surface area (Å²) in [5, 5.41) is 5.61. The first-order chi connectivity index (χ1) is 9.60. The molecule has 1 heterocycles. The first-order valence-corrected chi connectivity index (χ1v) is 5.97. The zero-order valence-corrected chi connectivity index (χ0v) is 10.8. The molecule has 0 aliphatic carbocycles. The van der Waals surface area contributed by atoms with Gasteiger partial charge in [-0.25, -0.2) is 4.79 Å².